The second-order valence-electron chi connectivity index (χ2n) is 41.6. The summed E-state index contributed by atoms with van der Waals surface area (Å²) in [5.41, 5.74) is 63.2. The van der Waals surface area contributed by atoms with Crippen LogP contribution in [-0.4, -0.2) is 22.0 Å². The third kappa shape index (κ3) is 11.3. The van der Waals surface area contributed by atoms with E-state index in [0.717, 1.165) is 25.7 Å². The first kappa shape index (κ1) is 86.4. The molecule has 4 aliphatic rings. The maximum atomic E-state index is 4.04. The van der Waals surface area contributed by atoms with E-state index >= 15 is 0 Å². The van der Waals surface area contributed by atoms with Gasteiger partial charge in [0.15, 0.2) is 0 Å². The van der Waals surface area contributed by atoms with Crippen molar-refractivity contribution < 1.29 is 32.7 Å². The van der Waals surface area contributed by atoms with Gasteiger partial charge in [-0.3, -0.25) is 0 Å². The van der Waals surface area contributed by atoms with Crippen LogP contribution in [0.4, 0.5) is 0 Å². The average molecular weight is 1920 g/mol. The summed E-state index contributed by atoms with van der Waals surface area (Å²) in [5.74, 6) is 0. The Morgan fingerprint density at radius 3 is 1.15 bits per heavy atom. The molecule has 6 heteroatoms. The Morgan fingerprint density at radius 2 is 0.569 bits per heavy atom. The van der Waals surface area contributed by atoms with Crippen LogP contribution >= 0.6 is 0 Å². The predicted molar refractivity (Wildman–Crippen MR) is 610 cm³/mol. The van der Waals surface area contributed by atoms with Crippen molar-refractivity contribution in [3.8, 4) is 55.6 Å². The largest absolute Gasteiger partial charge is 3.00 e. The topological polar surface area (TPSA) is 22.1 Å². The first-order valence-electron chi connectivity index (χ1n) is 50.7. The Balaban J connectivity index is 0.0000000879. The first-order chi connectivity index (χ1) is 69.5. The van der Waals surface area contributed by atoms with Gasteiger partial charge in [0.25, 0.3) is 0 Å². The maximum absolute atomic E-state index is 4.04. The van der Waals surface area contributed by atoms with E-state index in [1.165, 1.54) is 363 Å². The number of benzene rings is 20. The van der Waals surface area contributed by atoms with Crippen LogP contribution in [0.3, 0.4) is 0 Å². The molecule has 144 heavy (non-hydrogen) atoms. The van der Waals surface area contributed by atoms with Crippen molar-refractivity contribution in [2.24, 2.45) is 0 Å². The van der Waals surface area contributed by atoms with Crippen LogP contribution < -0.4 is 0 Å². The van der Waals surface area contributed by atoms with Crippen molar-refractivity contribution >= 4 is 190 Å². The van der Waals surface area contributed by atoms with Gasteiger partial charge in [-0.15, -0.1) is 22.3 Å². The smallest absolute Gasteiger partial charge is 0.358 e. The molecule has 34 rings (SSSR count). The van der Waals surface area contributed by atoms with Gasteiger partial charge < -0.3 is 29.4 Å². The summed E-state index contributed by atoms with van der Waals surface area (Å²) in [4.78, 5) is 0. The molecule has 0 amide bonds. The summed E-state index contributed by atoms with van der Waals surface area (Å²) < 4.78 is 12.5. The Bertz CT molecular complexity index is 10800. The van der Waals surface area contributed by atoms with Gasteiger partial charge in [-0.05, 0) is 275 Å². The monoisotopic (exact) mass is 1920 g/mol. The van der Waals surface area contributed by atoms with Gasteiger partial charge in [-0.2, -0.15) is 23.3 Å². The van der Waals surface area contributed by atoms with E-state index in [4.69, 9.17) is 0 Å². The van der Waals surface area contributed by atoms with Gasteiger partial charge in [0.05, 0.1) is 66.2 Å². The molecule has 5 nitrogen and oxygen atoms in total. The van der Waals surface area contributed by atoms with Crippen molar-refractivity contribution in [2.45, 2.75) is 116 Å². The fourth-order valence-corrected chi connectivity index (χ4v) is 27.6. The normalized spacial score (nSPS) is 12.8. The van der Waals surface area contributed by atoms with E-state index in [1.54, 1.807) is 0 Å². The van der Waals surface area contributed by atoms with Crippen LogP contribution in [0.15, 0.2) is 315 Å². The van der Waals surface area contributed by atoms with E-state index in [1.807, 2.05) is 0 Å². The quantitative estimate of drug-likeness (QED) is 0.146. The zero-order chi connectivity index (χ0) is 95.0. The van der Waals surface area contributed by atoms with Crippen LogP contribution in [0.5, 0.6) is 0 Å². The molecule has 0 atom stereocenters. The Labute approximate surface area is 861 Å². The molecule has 0 spiro atoms. The Kier molecular flexibility index (Phi) is 18.8. The summed E-state index contributed by atoms with van der Waals surface area (Å²) in [7, 11) is 0. The summed E-state index contributed by atoms with van der Waals surface area (Å²) in [6.07, 6.45) is 4.16. The second kappa shape index (κ2) is 31.3. The van der Waals surface area contributed by atoms with Crippen LogP contribution in [0.25, 0.3) is 246 Å². The average Bonchev–Trinajstić information content (AvgIpc) is 1.51. The minimum absolute atomic E-state index is 0. The molecule has 0 saturated heterocycles. The van der Waals surface area contributed by atoms with Crippen LogP contribution in [0.2, 0.25) is 0 Å². The number of para-hydroxylation sites is 8. The van der Waals surface area contributed by atoms with E-state index < -0.39 is 0 Å². The number of hydrogen-bond donors (Lipinski definition) is 0. The van der Waals surface area contributed by atoms with Crippen LogP contribution in [0.1, 0.15) is 117 Å². The van der Waals surface area contributed by atoms with Gasteiger partial charge in [0.1, 0.15) is 0 Å². The van der Waals surface area contributed by atoms with Crippen molar-refractivity contribution in [1.29, 1.82) is 0 Å². The Morgan fingerprint density at radius 1 is 0.188 bits per heavy atom. The molecular weight excluding hydrogens is 1820 g/mol. The third-order valence-electron chi connectivity index (χ3n) is 35.1. The molecule has 0 N–H and O–H groups in total. The molecule has 0 saturated carbocycles. The van der Waals surface area contributed by atoms with E-state index in [2.05, 4.69) is 440 Å². The molecule has 0 aliphatic heterocycles. The van der Waals surface area contributed by atoms with Crippen molar-refractivity contribution in [2.75, 3.05) is 0 Å². The molecule has 0 bridgehead atoms. The standard InChI is InChI=1S/C37H39N.4C25H15N.CH3.Y/c1-16-14-29(23(8)18(3)17(16)2)30-15-31-32-24(9)19(4)21(6)26(11)35(32)38-36-27(12)22(7)20(5)25(10)33(36)34(28(30)13)37(31)38;1-2-8-17-15(7-1)13-16-14-20-18-9-3-5-11-21(18)26-22-12-6-4-10-19(22)24(23(16)17)25(20)26;1-2-7-17-15(6-1)12-16-13-24-22(14-21(16)17)20-10-5-9-19-18-8-3-4-11-23(18)26(24)25(19)20;1-2-7-17-15(6-1)14-16-12-13-22-24(23(16)17)20-10-5-9-19-18-8-3-4-11-21(18)26(22)25(19)20;1-2-7-16-15(6-1)14-21-17(16)12-13-23-24(21)20-10-5-9-19-18-8-3-4-11-22(18)26(23)25(19)20;;/h1-13H3;1-12,14H,13H2;1-11,13-14H,12H2;2*1-13H,14H2;1H3;/q-2;;;;;-1;+3. The number of aryl methyl sites for hydroxylation is 6. The van der Waals surface area contributed by atoms with Crippen LogP contribution in [0, 0.1) is 110 Å². The molecule has 10 heterocycles. The van der Waals surface area contributed by atoms with Gasteiger partial charge in [-0.25, -0.2) is 5.56 Å². The molecule has 20 aromatic carbocycles. The number of nitrogens with zero attached hydrogens (tertiary/aromatic N) is 5. The molecule has 4 aliphatic carbocycles. The molecule has 0 unspecified atom stereocenters. The molecule has 682 valence electrons. The molecular formula is C138H102N5Y. The summed E-state index contributed by atoms with van der Waals surface area (Å²) in [6, 6.07) is 124. The second-order valence-corrected chi connectivity index (χ2v) is 41.6. The minimum Gasteiger partial charge on any atom is -0.358 e. The summed E-state index contributed by atoms with van der Waals surface area (Å²) >= 11 is 0. The zero-order valence-electron chi connectivity index (χ0n) is 83.7. The number of hydrogen-bond acceptors (Lipinski definition) is 0. The van der Waals surface area contributed by atoms with E-state index in [9.17, 15) is 0 Å². The van der Waals surface area contributed by atoms with E-state index in [-0.39, 0.29) is 40.1 Å². The fourth-order valence-electron chi connectivity index (χ4n) is 27.6. The number of fused-ring (bicyclic) bond motifs is 45. The van der Waals surface area contributed by atoms with E-state index in [0.29, 0.717) is 0 Å². The van der Waals surface area contributed by atoms with Gasteiger partial charge >= 0.3 is 32.7 Å². The predicted octanol–water partition coefficient (Wildman–Crippen LogP) is 36.2. The molecule has 30 aromatic rings. The molecule has 0 fully saturated rings. The number of rotatable bonds is 1. The third-order valence-corrected chi connectivity index (χ3v) is 35.1. The zero-order valence-corrected chi connectivity index (χ0v) is 86.5. The van der Waals surface area contributed by atoms with Crippen molar-refractivity contribution in [3.05, 3.63) is 452 Å². The van der Waals surface area contributed by atoms with Crippen LogP contribution in [-0.2, 0) is 58.4 Å². The van der Waals surface area contributed by atoms with Gasteiger partial charge in [0.2, 0.25) is 0 Å². The Hall–Kier alpha value is -15.5. The van der Waals surface area contributed by atoms with Gasteiger partial charge in [-0.1, -0.05) is 317 Å². The first-order valence-corrected chi connectivity index (χ1v) is 50.7. The van der Waals surface area contributed by atoms with Crippen molar-refractivity contribution in [1.82, 2.24) is 22.0 Å². The summed E-state index contributed by atoms with van der Waals surface area (Å²) in [5, 5.41) is 27.4. The summed E-state index contributed by atoms with van der Waals surface area (Å²) in [6.45, 7) is 29.6. The van der Waals surface area contributed by atoms with Gasteiger partial charge in [0, 0.05) is 97.2 Å². The number of aromatic nitrogens is 5. The minimum atomic E-state index is 0. The maximum Gasteiger partial charge on any atom is 3.00 e. The molecule has 10 aromatic heterocycles. The fraction of sp³-hybridized carbons (Fsp3) is 0.123. The molecule has 0 radical (unpaired) electrons. The SMILES string of the molecule is Cc1[c-]c(-c2[c-]c3c4c(C)c(C)c(C)c(C)c4n4c5c(C)c(C)c(C)c(C)c5c(c2C)c34)c(C)c(C)c1C.[CH3-].[Y+3].c1ccc2c(c1)Cc1c-2ccc2c1c1cccc3c4ccccc4n2c31.c1ccc2c(c1)Cc1cc3c(cc1-2)c1cccc2c4ccccc4n3c21.c1ccc2c(c1)Cc1cc3c4ccccc4n4c5ccccc5c(c1-2)c34.c1ccc2c(c1)Cc1ccc3c(c1-2)c1cccc2c4ccccc4n3c21. The van der Waals surface area contributed by atoms with Crippen molar-refractivity contribution in [3.63, 3.8) is 0 Å².